The van der Waals surface area contributed by atoms with Crippen molar-refractivity contribution in [1.29, 1.82) is 0 Å². The standard InChI is InChI=1S/C27H32ClN3O3/c1-19(2)15-31(27(33)29-23-12-10-20(3)25(28)14-23)18-26(32)30(16-22-8-6-5-7-9-22)17-24-13-11-21(4)34-24/h5-14,19H,15-18H2,1-4H3,(H,29,33). The van der Waals surface area contributed by atoms with Crippen LogP contribution in [0, 0.1) is 19.8 Å². The quantitative estimate of drug-likeness (QED) is 0.391. The molecule has 34 heavy (non-hydrogen) atoms. The Bertz CT molecular complexity index is 1110. The molecule has 0 bridgehead atoms. The lowest BCUT2D eigenvalue weighted by atomic mass is 10.2. The number of aryl methyl sites for hydroxylation is 2. The first-order valence-corrected chi connectivity index (χ1v) is 11.8. The number of anilines is 1. The van der Waals surface area contributed by atoms with Crippen molar-refractivity contribution >= 4 is 29.2 Å². The van der Waals surface area contributed by atoms with Crippen LogP contribution >= 0.6 is 11.6 Å². The van der Waals surface area contributed by atoms with Crippen molar-refractivity contribution in [1.82, 2.24) is 9.80 Å². The van der Waals surface area contributed by atoms with Gasteiger partial charge >= 0.3 is 6.03 Å². The molecule has 0 spiro atoms. The smallest absolute Gasteiger partial charge is 0.322 e. The highest BCUT2D eigenvalue weighted by Crippen LogP contribution is 2.21. The molecule has 0 aliphatic heterocycles. The highest BCUT2D eigenvalue weighted by molar-refractivity contribution is 6.31. The lowest BCUT2D eigenvalue weighted by Gasteiger charge is -2.28. The highest BCUT2D eigenvalue weighted by Gasteiger charge is 2.23. The molecule has 0 aliphatic rings. The third-order valence-electron chi connectivity index (χ3n) is 5.33. The number of nitrogens with zero attached hydrogens (tertiary/aromatic N) is 2. The molecule has 1 aromatic heterocycles. The third-order valence-corrected chi connectivity index (χ3v) is 5.74. The summed E-state index contributed by atoms with van der Waals surface area (Å²) in [7, 11) is 0. The van der Waals surface area contributed by atoms with Gasteiger partial charge in [-0.05, 0) is 55.2 Å². The molecule has 0 unspecified atom stereocenters. The molecule has 3 amide bonds. The molecule has 3 aromatic rings. The number of hydrogen-bond donors (Lipinski definition) is 1. The zero-order valence-corrected chi connectivity index (χ0v) is 20.9. The summed E-state index contributed by atoms with van der Waals surface area (Å²) in [5.74, 6) is 1.53. The monoisotopic (exact) mass is 481 g/mol. The van der Waals surface area contributed by atoms with E-state index in [4.69, 9.17) is 16.0 Å². The van der Waals surface area contributed by atoms with Gasteiger partial charge in [0.1, 0.15) is 18.1 Å². The summed E-state index contributed by atoms with van der Waals surface area (Å²) < 4.78 is 5.72. The summed E-state index contributed by atoms with van der Waals surface area (Å²) in [6.45, 7) is 8.95. The number of carbonyl (C=O) groups excluding carboxylic acids is 2. The zero-order chi connectivity index (χ0) is 24.7. The Morgan fingerprint density at radius 3 is 2.32 bits per heavy atom. The van der Waals surface area contributed by atoms with Crippen LogP contribution in [0.25, 0.3) is 0 Å². The molecule has 0 radical (unpaired) electrons. The first-order valence-electron chi connectivity index (χ1n) is 11.4. The molecule has 0 atom stereocenters. The lowest BCUT2D eigenvalue weighted by Crippen LogP contribution is -2.45. The van der Waals surface area contributed by atoms with Gasteiger partial charge in [-0.3, -0.25) is 4.79 Å². The molecular weight excluding hydrogens is 450 g/mol. The molecule has 1 heterocycles. The Kier molecular flexibility index (Phi) is 8.77. The van der Waals surface area contributed by atoms with Crippen molar-refractivity contribution in [2.24, 2.45) is 5.92 Å². The van der Waals surface area contributed by atoms with Crippen LogP contribution in [0.2, 0.25) is 5.02 Å². The van der Waals surface area contributed by atoms with Gasteiger partial charge in [0.05, 0.1) is 6.54 Å². The fourth-order valence-electron chi connectivity index (χ4n) is 3.59. The van der Waals surface area contributed by atoms with Crippen molar-refractivity contribution in [3.8, 4) is 0 Å². The molecule has 180 valence electrons. The van der Waals surface area contributed by atoms with Crippen LogP contribution in [0.15, 0.2) is 65.1 Å². The van der Waals surface area contributed by atoms with Gasteiger partial charge in [-0.25, -0.2) is 4.79 Å². The Hall–Kier alpha value is -3.25. The van der Waals surface area contributed by atoms with Gasteiger partial charge in [0.25, 0.3) is 0 Å². The van der Waals surface area contributed by atoms with Crippen molar-refractivity contribution in [3.05, 3.63) is 88.3 Å². The van der Waals surface area contributed by atoms with E-state index in [1.165, 1.54) is 0 Å². The number of benzene rings is 2. The van der Waals surface area contributed by atoms with Gasteiger partial charge in [0.2, 0.25) is 5.91 Å². The van der Waals surface area contributed by atoms with Crippen LogP contribution < -0.4 is 5.32 Å². The summed E-state index contributed by atoms with van der Waals surface area (Å²) in [4.78, 5) is 29.8. The minimum atomic E-state index is -0.338. The second-order valence-electron chi connectivity index (χ2n) is 8.92. The molecule has 3 rings (SSSR count). The molecule has 0 saturated carbocycles. The molecule has 0 saturated heterocycles. The third kappa shape index (κ3) is 7.39. The van der Waals surface area contributed by atoms with Gasteiger partial charge < -0.3 is 19.5 Å². The summed E-state index contributed by atoms with van der Waals surface area (Å²) in [5.41, 5.74) is 2.53. The minimum Gasteiger partial charge on any atom is -0.464 e. The number of urea groups is 1. The van der Waals surface area contributed by atoms with Crippen molar-refractivity contribution < 1.29 is 14.0 Å². The number of hydrogen-bond acceptors (Lipinski definition) is 3. The van der Waals surface area contributed by atoms with E-state index in [9.17, 15) is 9.59 Å². The van der Waals surface area contributed by atoms with Crippen LogP contribution in [0.1, 0.15) is 36.5 Å². The van der Waals surface area contributed by atoms with Gasteiger partial charge in [-0.15, -0.1) is 0 Å². The Morgan fingerprint density at radius 2 is 1.71 bits per heavy atom. The average molecular weight is 482 g/mol. The Balaban J connectivity index is 1.77. The molecule has 6 nitrogen and oxygen atoms in total. The van der Waals surface area contributed by atoms with Crippen LogP contribution in [0.4, 0.5) is 10.5 Å². The molecule has 0 fully saturated rings. The SMILES string of the molecule is Cc1ccc(CN(Cc2ccccc2)C(=O)CN(CC(C)C)C(=O)Nc2ccc(C)c(Cl)c2)o1. The summed E-state index contributed by atoms with van der Waals surface area (Å²) in [6, 6.07) is 18.6. The molecule has 7 heteroatoms. The van der Waals surface area contributed by atoms with E-state index in [2.05, 4.69) is 5.32 Å². The van der Waals surface area contributed by atoms with Gasteiger partial charge in [-0.1, -0.05) is 61.8 Å². The van der Waals surface area contributed by atoms with E-state index >= 15 is 0 Å². The number of rotatable bonds is 9. The fraction of sp³-hybridized carbons (Fsp3) is 0.333. The van der Waals surface area contributed by atoms with E-state index < -0.39 is 0 Å². The van der Waals surface area contributed by atoms with Crippen LogP contribution in [0.3, 0.4) is 0 Å². The zero-order valence-electron chi connectivity index (χ0n) is 20.2. The second-order valence-corrected chi connectivity index (χ2v) is 9.32. The minimum absolute atomic E-state index is 0.0455. The summed E-state index contributed by atoms with van der Waals surface area (Å²) >= 11 is 6.21. The summed E-state index contributed by atoms with van der Waals surface area (Å²) in [5, 5.41) is 3.45. The van der Waals surface area contributed by atoms with E-state index in [1.54, 1.807) is 21.9 Å². The summed E-state index contributed by atoms with van der Waals surface area (Å²) in [6.07, 6.45) is 0. The maximum atomic E-state index is 13.4. The van der Waals surface area contributed by atoms with E-state index in [-0.39, 0.29) is 24.4 Å². The highest BCUT2D eigenvalue weighted by atomic mass is 35.5. The van der Waals surface area contributed by atoms with E-state index in [1.807, 2.05) is 76.2 Å². The van der Waals surface area contributed by atoms with Crippen molar-refractivity contribution in [2.45, 2.75) is 40.8 Å². The Morgan fingerprint density at radius 1 is 0.971 bits per heavy atom. The average Bonchev–Trinajstić information content (AvgIpc) is 3.20. The topological polar surface area (TPSA) is 65.8 Å². The lowest BCUT2D eigenvalue weighted by molar-refractivity contribution is -0.133. The first-order chi connectivity index (χ1) is 16.2. The van der Waals surface area contributed by atoms with Gasteiger partial charge in [-0.2, -0.15) is 0 Å². The fourth-order valence-corrected chi connectivity index (χ4v) is 3.77. The van der Waals surface area contributed by atoms with Gasteiger partial charge in [0.15, 0.2) is 0 Å². The Labute approximate surface area is 206 Å². The normalized spacial score (nSPS) is 10.9. The maximum Gasteiger partial charge on any atom is 0.322 e. The molecule has 0 aliphatic carbocycles. The number of amides is 3. The largest absolute Gasteiger partial charge is 0.464 e. The predicted octanol–water partition coefficient (Wildman–Crippen LogP) is 6.27. The maximum absolute atomic E-state index is 13.4. The van der Waals surface area contributed by atoms with Crippen molar-refractivity contribution in [3.63, 3.8) is 0 Å². The molecule has 2 aromatic carbocycles. The van der Waals surface area contributed by atoms with Gasteiger partial charge in [0, 0.05) is 23.8 Å². The second kappa shape index (κ2) is 11.7. The number of halogens is 1. The number of furan rings is 1. The van der Waals surface area contributed by atoms with Crippen LogP contribution in [0.5, 0.6) is 0 Å². The molecular formula is C27H32ClN3O3. The first kappa shape index (κ1) is 25.4. The van der Waals surface area contributed by atoms with Crippen LogP contribution in [-0.2, 0) is 17.9 Å². The van der Waals surface area contributed by atoms with E-state index in [0.29, 0.717) is 36.1 Å². The number of nitrogens with one attached hydrogen (secondary N) is 1. The van der Waals surface area contributed by atoms with Crippen molar-refractivity contribution in [2.75, 3.05) is 18.4 Å². The predicted molar refractivity (Wildman–Crippen MR) is 136 cm³/mol. The molecule has 1 N–H and O–H groups in total. The van der Waals surface area contributed by atoms with Crippen LogP contribution in [-0.4, -0.2) is 34.8 Å². The number of carbonyl (C=O) groups is 2. The van der Waals surface area contributed by atoms with E-state index in [0.717, 1.165) is 16.9 Å².